The molecule has 1 aromatic heterocycles. The average molecular weight is 760 g/mol. The van der Waals surface area contributed by atoms with Crippen molar-refractivity contribution in [2.45, 2.75) is 98.7 Å². The van der Waals surface area contributed by atoms with Crippen LogP contribution < -0.4 is 25.7 Å². The van der Waals surface area contributed by atoms with Gasteiger partial charge in [-0.05, 0) is 117 Å². The van der Waals surface area contributed by atoms with Crippen molar-refractivity contribution in [2.75, 3.05) is 13.2 Å². The number of nitrogens with one attached hydrogen (secondary N) is 4. The number of hydrogen-bond donors (Lipinski definition) is 4. The zero-order valence-electron chi connectivity index (χ0n) is 31.7. The molecule has 0 aliphatic rings. The van der Waals surface area contributed by atoms with Crippen LogP contribution in [0.1, 0.15) is 76.9 Å². The van der Waals surface area contributed by atoms with Crippen LogP contribution in [-0.2, 0) is 27.4 Å². The van der Waals surface area contributed by atoms with E-state index in [0.717, 1.165) is 0 Å². The van der Waals surface area contributed by atoms with E-state index in [2.05, 4.69) is 15.6 Å². The first-order valence-corrected chi connectivity index (χ1v) is 17.1. The van der Waals surface area contributed by atoms with E-state index in [9.17, 15) is 27.6 Å². The van der Waals surface area contributed by atoms with Crippen LogP contribution in [0.2, 0.25) is 0 Å². The van der Waals surface area contributed by atoms with Crippen LogP contribution in [0.25, 0.3) is 0 Å². The van der Waals surface area contributed by atoms with Gasteiger partial charge in [-0.25, -0.2) is 9.59 Å². The molecule has 4 N–H and O–H groups in total. The summed E-state index contributed by atoms with van der Waals surface area (Å²) in [4.78, 5) is 39.4. The molecule has 2 aromatic carbocycles. The summed E-state index contributed by atoms with van der Waals surface area (Å²) < 4.78 is 65.0. The second-order valence-electron chi connectivity index (χ2n) is 14.1. The summed E-state index contributed by atoms with van der Waals surface area (Å²) in [5.74, 6) is -1.58. The molecule has 0 unspecified atom stereocenters. The highest BCUT2D eigenvalue weighted by atomic mass is 19.4. The van der Waals surface area contributed by atoms with E-state index in [1.54, 1.807) is 113 Å². The fourth-order valence-electron chi connectivity index (χ4n) is 4.86. The molecule has 0 saturated carbocycles. The minimum atomic E-state index is -5.16. The molecule has 0 radical (unpaired) electrons. The number of carbonyl (C=O) groups excluding carboxylic acids is 3. The Kier molecular flexibility index (Phi) is 14.2. The highest BCUT2D eigenvalue weighted by molar-refractivity contribution is 6.05. The van der Waals surface area contributed by atoms with Crippen LogP contribution in [0.15, 0.2) is 53.5 Å². The maximum Gasteiger partial charge on any atom is 0.473 e. The molecule has 0 aliphatic carbocycles. The predicted molar refractivity (Wildman–Crippen MR) is 194 cm³/mol. The molecular weight excluding hydrogens is 711 g/mol. The van der Waals surface area contributed by atoms with Crippen molar-refractivity contribution in [1.29, 1.82) is 10.8 Å². The van der Waals surface area contributed by atoms with Gasteiger partial charge in [0.15, 0.2) is 0 Å². The number of carbonyl (C=O) groups is 3. The van der Waals surface area contributed by atoms with Gasteiger partial charge in [-0.2, -0.15) is 18.2 Å². The molecule has 54 heavy (non-hydrogen) atoms. The number of halogens is 3. The minimum absolute atomic E-state index is 0.145. The lowest BCUT2D eigenvalue weighted by atomic mass is 10.2. The number of imidazole rings is 1. The molecule has 1 heterocycles. The first-order chi connectivity index (χ1) is 25.0. The highest BCUT2D eigenvalue weighted by Gasteiger charge is 2.39. The van der Waals surface area contributed by atoms with Gasteiger partial charge >= 0.3 is 24.3 Å². The summed E-state index contributed by atoms with van der Waals surface area (Å²) in [5, 5.41) is 20.9. The lowest BCUT2D eigenvalue weighted by Crippen LogP contribution is -2.36. The average Bonchev–Trinajstić information content (AvgIpc) is 3.26. The molecule has 0 spiro atoms. The van der Waals surface area contributed by atoms with Crippen LogP contribution in [0.3, 0.4) is 0 Å². The minimum Gasteiger partial charge on any atom is -0.494 e. The monoisotopic (exact) mass is 759 g/mol. The van der Waals surface area contributed by atoms with E-state index in [1.165, 1.54) is 0 Å². The standard InChI is InChI=1S/C37H48F3N7O7/c1-23-24(2)47(20-10-22-52-28-17-13-26(14-18-28)30(42)44-34(50)54-36(6,7)8)32(45-31(48)37(38,39)40)46(23)19-9-21-51-27-15-11-25(12-16-27)29(41)43-33(49)53-35(3,4)5/h11-18H,9-10,19-22H2,1-8H3,(H2,41,43,49)(H2,42,44,50). The normalized spacial score (nSPS) is 11.7. The van der Waals surface area contributed by atoms with Crippen LogP contribution in [-0.4, -0.2) is 69.5 Å². The second kappa shape index (κ2) is 17.9. The Hall–Kier alpha value is -5.61. The third kappa shape index (κ3) is 13.4. The smallest absolute Gasteiger partial charge is 0.473 e. The summed E-state index contributed by atoms with van der Waals surface area (Å²) in [7, 11) is 0. The molecule has 14 nitrogen and oxygen atoms in total. The van der Waals surface area contributed by atoms with Gasteiger partial charge in [0.05, 0.1) is 13.2 Å². The predicted octanol–water partition coefficient (Wildman–Crippen LogP) is 6.53. The zero-order valence-corrected chi connectivity index (χ0v) is 31.7. The van der Waals surface area contributed by atoms with E-state index in [-0.39, 0.29) is 43.6 Å². The van der Waals surface area contributed by atoms with Crippen molar-refractivity contribution < 1.29 is 46.5 Å². The Bertz CT molecular complexity index is 1770. The van der Waals surface area contributed by atoms with Crippen LogP contribution in [0.5, 0.6) is 11.5 Å². The summed E-state index contributed by atoms with van der Waals surface area (Å²) >= 11 is 0. The third-order valence-corrected chi connectivity index (χ3v) is 7.39. The van der Waals surface area contributed by atoms with Gasteiger partial charge < -0.3 is 28.1 Å². The van der Waals surface area contributed by atoms with E-state index in [1.807, 2.05) is 0 Å². The number of alkyl carbamates (subject to hydrolysis) is 2. The van der Waals surface area contributed by atoms with Crippen molar-refractivity contribution in [3.05, 3.63) is 76.7 Å². The van der Waals surface area contributed by atoms with Crippen molar-refractivity contribution >= 4 is 29.8 Å². The maximum atomic E-state index is 13.3. The Morgan fingerprint density at radius 2 is 1.02 bits per heavy atom. The Balaban J connectivity index is 1.62. The Labute approximate surface area is 311 Å². The van der Waals surface area contributed by atoms with Gasteiger partial charge in [0, 0.05) is 35.6 Å². The van der Waals surface area contributed by atoms with Gasteiger partial charge in [-0.3, -0.25) is 26.2 Å². The number of ether oxygens (including phenoxy) is 4. The highest BCUT2D eigenvalue weighted by Crippen LogP contribution is 2.18. The number of amides is 3. The first kappa shape index (κ1) is 42.8. The fraction of sp³-hybridized carbons (Fsp3) is 0.459. The second-order valence-corrected chi connectivity index (χ2v) is 14.1. The molecule has 0 fully saturated rings. The lowest BCUT2D eigenvalue weighted by Gasteiger charge is -2.19. The Morgan fingerprint density at radius 3 is 1.33 bits per heavy atom. The molecule has 294 valence electrons. The van der Waals surface area contributed by atoms with Gasteiger partial charge in [-0.1, -0.05) is 0 Å². The van der Waals surface area contributed by atoms with Crippen molar-refractivity contribution in [2.24, 2.45) is 4.99 Å². The number of amidine groups is 2. The van der Waals surface area contributed by atoms with Crippen molar-refractivity contribution in [3.8, 4) is 11.5 Å². The number of alkyl halides is 3. The molecule has 17 heteroatoms. The van der Waals surface area contributed by atoms with Gasteiger partial charge in [0.25, 0.3) is 0 Å². The van der Waals surface area contributed by atoms with Gasteiger partial charge in [0.2, 0.25) is 5.62 Å². The molecule has 3 rings (SSSR count). The van der Waals surface area contributed by atoms with Crippen molar-refractivity contribution in [3.63, 3.8) is 0 Å². The first-order valence-electron chi connectivity index (χ1n) is 17.1. The molecule has 0 bridgehead atoms. The Morgan fingerprint density at radius 1 is 0.667 bits per heavy atom. The number of hydrogen-bond acceptors (Lipinski definition) is 9. The topological polar surface area (TPSA) is 182 Å². The van der Waals surface area contributed by atoms with E-state index in [4.69, 9.17) is 29.8 Å². The summed E-state index contributed by atoms with van der Waals surface area (Å²) in [6.45, 7) is 14.5. The number of aromatic nitrogens is 2. The fourth-order valence-corrected chi connectivity index (χ4v) is 4.86. The van der Waals surface area contributed by atoms with Crippen molar-refractivity contribution in [1.82, 2.24) is 19.8 Å². The quantitative estimate of drug-likeness (QED) is 0.0919. The summed E-state index contributed by atoms with van der Waals surface area (Å²) in [5.41, 5.74) is 0.525. The third-order valence-electron chi connectivity index (χ3n) is 7.39. The van der Waals surface area contributed by atoms with E-state index >= 15 is 0 Å². The summed E-state index contributed by atoms with van der Waals surface area (Å²) in [6, 6.07) is 12.8. The lowest BCUT2D eigenvalue weighted by molar-refractivity contribution is -0.169. The molecule has 3 amide bonds. The molecule has 0 saturated heterocycles. The summed E-state index contributed by atoms with van der Waals surface area (Å²) in [6.07, 6.45) is -5.94. The van der Waals surface area contributed by atoms with Crippen LogP contribution in [0.4, 0.5) is 22.8 Å². The number of nitrogens with zero attached hydrogens (tertiary/aromatic N) is 3. The van der Waals surface area contributed by atoms with Crippen LogP contribution in [0, 0.1) is 24.7 Å². The zero-order chi connectivity index (χ0) is 40.4. The molecule has 0 aliphatic heterocycles. The largest absolute Gasteiger partial charge is 0.494 e. The van der Waals surface area contributed by atoms with E-state index < -0.39 is 35.5 Å². The number of rotatable bonds is 12. The van der Waals surface area contributed by atoms with E-state index in [0.29, 0.717) is 46.9 Å². The van der Waals surface area contributed by atoms with Gasteiger partial charge in [-0.15, -0.1) is 0 Å². The molecule has 3 aromatic rings. The number of benzene rings is 2. The SMILES string of the molecule is Cc1c(C)n(CCCOc2ccc(C(=N)NC(=O)OC(C)(C)C)cc2)c(=NC(=O)C(F)(F)F)n1CCCOc1ccc(C(=N)NC(=O)OC(C)(C)C)cc1. The van der Waals surface area contributed by atoms with Gasteiger partial charge in [0.1, 0.15) is 34.4 Å². The van der Waals surface area contributed by atoms with Crippen LogP contribution >= 0.6 is 0 Å². The molecule has 0 atom stereocenters. The maximum absolute atomic E-state index is 13.3. The molecular formula is C37H48F3N7O7.